The van der Waals surface area contributed by atoms with Gasteiger partial charge in [-0.05, 0) is 14.1 Å². The first-order valence-corrected chi connectivity index (χ1v) is 10.7. The second kappa shape index (κ2) is 8.10. The van der Waals surface area contributed by atoms with E-state index in [1.165, 1.54) is 11.4 Å². The van der Waals surface area contributed by atoms with Gasteiger partial charge in [0.05, 0.1) is 12.8 Å². The van der Waals surface area contributed by atoms with E-state index in [4.69, 9.17) is 4.74 Å². The highest BCUT2D eigenvalue weighted by Crippen LogP contribution is 2.33. The van der Waals surface area contributed by atoms with Crippen LogP contribution in [0.25, 0.3) is 0 Å². The molecular weight excluding hydrogens is 360 g/mol. The average molecular weight is 391 g/mol. The van der Waals surface area contributed by atoms with Crippen molar-refractivity contribution >= 4 is 22.0 Å². The van der Waals surface area contributed by atoms with Gasteiger partial charge in [0.2, 0.25) is 15.9 Å². The number of likely N-dealkylation sites (tertiary alicyclic amines) is 1. The molecule has 0 unspecified atom stereocenters. The topological polar surface area (TPSA) is 90.5 Å². The van der Waals surface area contributed by atoms with Crippen LogP contribution in [0.4, 0.5) is 4.79 Å². The summed E-state index contributed by atoms with van der Waals surface area (Å²) >= 11 is 0. The highest BCUT2D eigenvalue weighted by molar-refractivity contribution is 7.88. The van der Waals surface area contributed by atoms with Gasteiger partial charge in [0, 0.05) is 59.0 Å². The molecule has 2 aliphatic rings. The lowest BCUT2D eigenvalue weighted by Gasteiger charge is -2.37. The first-order chi connectivity index (χ1) is 12.0. The lowest BCUT2D eigenvalue weighted by Crippen LogP contribution is -2.49. The number of amides is 2. The molecule has 26 heavy (non-hydrogen) atoms. The van der Waals surface area contributed by atoms with Crippen LogP contribution in [0.2, 0.25) is 0 Å². The Bertz CT molecular complexity index is 629. The van der Waals surface area contributed by atoms with Crippen LogP contribution in [-0.4, -0.2) is 112 Å². The van der Waals surface area contributed by atoms with E-state index < -0.39 is 15.6 Å². The number of piperidine rings is 1. The zero-order valence-corrected chi connectivity index (χ0v) is 16.9. The molecule has 0 aliphatic carbocycles. The predicted molar refractivity (Wildman–Crippen MR) is 97.2 cm³/mol. The van der Waals surface area contributed by atoms with Crippen molar-refractivity contribution in [2.75, 3.05) is 66.7 Å². The van der Waals surface area contributed by atoms with E-state index in [0.717, 1.165) is 12.8 Å². The largest absolute Gasteiger partial charge is 0.441 e. The zero-order chi connectivity index (χ0) is 19.5. The van der Waals surface area contributed by atoms with Crippen LogP contribution in [0.15, 0.2) is 0 Å². The molecule has 0 N–H and O–H groups in total. The van der Waals surface area contributed by atoms with E-state index in [9.17, 15) is 18.0 Å². The minimum Gasteiger partial charge on any atom is -0.441 e. The maximum atomic E-state index is 12.3. The summed E-state index contributed by atoms with van der Waals surface area (Å²) in [4.78, 5) is 29.9. The normalized spacial score (nSPS) is 20.3. The van der Waals surface area contributed by atoms with Gasteiger partial charge in [-0.15, -0.1) is 0 Å². The van der Waals surface area contributed by atoms with Gasteiger partial charge in [-0.2, -0.15) is 0 Å². The number of nitrogens with zero attached hydrogens (tertiary/aromatic N) is 4. The Kier molecular flexibility index (Phi) is 6.51. The number of rotatable bonds is 7. The summed E-state index contributed by atoms with van der Waals surface area (Å²) in [6.45, 7) is 3.20. The van der Waals surface area contributed by atoms with E-state index in [-0.39, 0.29) is 25.0 Å². The molecular formula is C16H30N4O5S. The molecule has 0 saturated carbocycles. The minimum absolute atomic E-state index is 0.0656. The van der Waals surface area contributed by atoms with E-state index >= 15 is 0 Å². The molecule has 2 heterocycles. The van der Waals surface area contributed by atoms with Crippen molar-refractivity contribution in [3.63, 3.8) is 0 Å². The highest BCUT2D eigenvalue weighted by Gasteiger charge is 2.47. The molecule has 1 spiro atoms. The Morgan fingerprint density at radius 3 is 2.35 bits per heavy atom. The van der Waals surface area contributed by atoms with E-state index in [1.54, 1.807) is 9.80 Å². The van der Waals surface area contributed by atoms with Gasteiger partial charge < -0.3 is 19.4 Å². The van der Waals surface area contributed by atoms with Crippen LogP contribution >= 0.6 is 0 Å². The summed E-state index contributed by atoms with van der Waals surface area (Å²) in [6.07, 6.45) is 2.24. The van der Waals surface area contributed by atoms with Crippen LogP contribution in [0.3, 0.4) is 0 Å². The SMILES string of the molecule is CN(C)CCN1CC2(CCN(C(=O)CCN(C)S(C)(=O)=O)CC2)OC1=O. The van der Waals surface area contributed by atoms with Crippen molar-refractivity contribution in [3.05, 3.63) is 0 Å². The maximum absolute atomic E-state index is 12.3. The van der Waals surface area contributed by atoms with Crippen LogP contribution in [-0.2, 0) is 19.6 Å². The highest BCUT2D eigenvalue weighted by atomic mass is 32.2. The monoisotopic (exact) mass is 390 g/mol. The third kappa shape index (κ3) is 5.31. The fraction of sp³-hybridized carbons (Fsp3) is 0.875. The van der Waals surface area contributed by atoms with Crippen LogP contribution in [0, 0.1) is 0 Å². The molecule has 2 saturated heterocycles. The number of hydrogen-bond acceptors (Lipinski definition) is 6. The maximum Gasteiger partial charge on any atom is 0.410 e. The molecule has 2 rings (SSSR count). The number of hydrogen-bond donors (Lipinski definition) is 0. The van der Waals surface area contributed by atoms with Crippen molar-refractivity contribution in [1.29, 1.82) is 0 Å². The van der Waals surface area contributed by atoms with E-state index in [0.29, 0.717) is 39.0 Å². The lowest BCUT2D eigenvalue weighted by atomic mass is 9.91. The third-order valence-corrected chi connectivity index (χ3v) is 6.41. The van der Waals surface area contributed by atoms with Gasteiger partial charge in [-0.3, -0.25) is 4.79 Å². The fourth-order valence-corrected chi connectivity index (χ4v) is 3.61. The second-order valence-electron chi connectivity index (χ2n) is 7.49. The summed E-state index contributed by atoms with van der Waals surface area (Å²) < 4.78 is 29.6. The number of sulfonamides is 1. The molecule has 9 nitrogen and oxygen atoms in total. The molecule has 10 heteroatoms. The Morgan fingerprint density at radius 2 is 1.81 bits per heavy atom. The van der Waals surface area contributed by atoms with Crippen LogP contribution in [0.5, 0.6) is 0 Å². The Labute approximate surface area is 155 Å². The standard InChI is InChI=1S/C16H30N4O5S/c1-17(2)11-12-20-13-16(25-15(20)22)6-9-19(10-7-16)14(21)5-8-18(3)26(4,23)24/h5-13H2,1-4H3. The van der Waals surface area contributed by atoms with Gasteiger partial charge in [0.15, 0.2) is 0 Å². The first-order valence-electron chi connectivity index (χ1n) is 8.84. The Hall–Kier alpha value is -1.39. The molecule has 0 aromatic rings. The summed E-state index contributed by atoms with van der Waals surface area (Å²) in [5.41, 5.74) is -0.496. The average Bonchev–Trinajstić information content (AvgIpc) is 2.85. The molecule has 2 amide bonds. The molecule has 2 aliphatic heterocycles. The summed E-state index contributed by atoms with van der Waals surface area (Å²) in [5, 5.41) is 0. The smallest absolute Gasteiger partial charge is 0.410 e. The molecule has 0 radical (unpaired) electrons. The van der Waals surface area contributed by atoms with E-state index in [1.807, 2.05) is 19.0 Å². The predicted octanol–water partition coefficient (Wildman–Crippen LogP) is -0.357. The zero-order valence-electron chi connectivity index (χ0n) is 16.1. The molecule has 0 bridgehead atoms. The number of likely N-dealkylation sites (N-methyl/N-ethyl adjacent to an activating group) is 1. The van der Waals surface area contributed by atoms with Gasteiger partial charge in [0.25, 0.3) is 0 Å². The number of carbonyl (C=O) groups is 2. The van der Waals surface area contributed by atoms with E-state index in [2.05, 4.69) is 0 Å². The number of carbonyl (C=O) groups excluding carboxylic acids is 2. The van der Waals surface area contributed by atoms with Gasteiger partial charge >= 0.3 is 6.09 Å². The van der Waals surface area contributed by atoms with Crippen molar-refractivity contribution < 1.29 is 22.7 Å². The molecule has 0 aromatic carbocycles. The Morgan fingerprint density at radius 1 is 1.19 bits per heavy atom. The van der Waals surface area contributed by atoms with Gasteiger partial charge in [0.1, 0.15) is 5.60 Å². The lowest BCUT2D eigenvalue weighted by molar-refractivity contribution is -0.134. The number of ether oxygens (including phenoxy) is 1. The first kappa shape index (κ1) is 20.9. The quantitative estimate of drug-likeness (QED) is 0.590. The fourth-order valence-electron chi connectivity index (χ4n) is 3.19. The summed E-state index contributed by atoms with van der Waals surface area (Å²) in [6, 6.07) is 0. The van der Waals surface area contributed by atoms with Crippen LogP contribution < -0.4 is 0 Å². The Balaban J connectivity index is 1.81. The molecule has 2 fully saturated rings. The molecule has 0 aromatic heterocycles. The summed E-state index contributed by atoms with van der Waals surface area (Å²) in [7, 11) is 2.11. The van der Waals surface area contributed by atoms with Crippen molar-refractivity contribution in [3.8, 4) is 0 Å². The molecule has 150 valence electrons. The van der Waals surface area contributed by atoms with Crippen molar-refractivity contribution in [2.45, 2.75) is 24.9 Å². The van der Waals surface area contributed by atoms with Crippen molar-refractivity contribution in [1.82, 2.24) is 19.0 Å². The third-order valence-electron chi connectivity index (χ3n) is 5.09. The second-order valence-corrected chi connectivity index (χ2v) is 9.58. The van der Waals surface area contributed by atoms with Gasteiger partial charge in [-0.1, -0.05) is 0 Å². The van der Waals surface area contributed by atoms with Crippen molar-refractivity contribution in [2.24, 2.45) is 0 Å². The summed E-state index contributed by atoms with van der Waals surface area (Å²) in [5.74, 6) is -0.0656. The van der Waals surface area contributed by atoms with Gasteiger partial charge in [-0.25, -0.2) is 17.5 Å². The van der Waals surface area contributed by atoms with Crippen LogP contribution in [0.1, 0.15) is 19.3 Å². The molecule has 0 atom stereocenters. The minimum atomic E-state index is -3.28.